The van der Waals surface area contributed by atoms with Gasteiger partial charge in [-0.25, -0.2) is 0 Å². The van der Waals surface area contributed by atoms with E-state index in [4.69, 9.17) is 14.5 Å². The van der Waals surface area contributed by atoms with Crippen LogP contribution < -0.4 is 0 Å². The van der Waals surface area contributed by atoms with Crippen molar-refractivity contribution in [3.63, 3.8) is 0 Å². The molecule has 0 rings (SSSR count). The summed E-state index contributed by atoms with van der Waals surface area (Å²) in [4.78, 5) is 16.7. The van der Waals surface area contributed by atoms with E-state index in [1.165, 1.54) is 12.5 Å². The van der Waals surface area contributed by atoms with Gasteiger partial charge in [-0.3, -0.25) is 0 Å². The summed E-state index contributed by atoms with van der Waals surface area (Å²) >= 11 is 0. The van der Waals surface area contributed by atoms with E-state index in [1.807, 2.05) is 20.8 Å². The quantitative estimate of drug-likeness (QED) is 0.438. The number of rotatable bonds is 9. The average Bonchev–Trinajstić information content (AvgIpc) is 2.16. The molecule has 0 aromatic heterocycles. The monoisotopic (exact) mass is 222 g/mol. The lowest BCUT2D eigenvalue weighted by atomic mass is 10.6. The van der Waals surface area contributed by atoms with Crippen LogP contribution in [0.5, 0.6) is 0 Å². The van der Waals surface area contributed by atoms with Crippen molar-refractivity contribution in [2.75, 3.05) is 19.8 Å². The van der Waals surface area contributed by atoms with Crippen molar-refractivity contribution in [3.05, 3.63) is 0 Å². The normalized spacial score (nSPS) is 12.9. The Balaban J connectivity index is 4.21. The van der Waals surface area contributed by atoms with Gasteiger partial charge in [-0.15, -0.1) is 0 Å². The van der Waals surface area contributed by atoms with Gasteiger partial charge in [0.15, 0.2) is 0 Å². The van der Waals surface area contributed by atoms with E-state index in [0.717, 1.165) is 0 Å². The van der Waals surface area contributed by atoms with Crippen LogP contribution in [0.1, 0.15) is 34.1 Å². The zero-order valence-electron chi connectivity index (χ0n) is 9.91. The first-order valence-corrected chi connectivity index (χ1v) is 7.19. The van der Waals surface area contributed by atoms with E-state index in [-0.39, 0.29) is 4.64 Å². The molecule has 0 atom stereocenters. The maximum absolute atomic E-state index is 5.57. The molecule has 0 radical (unpaired) electrons. The Hall–Kier alpha value is 0.0569. The van der Waals surface area contributed by atoms with Gasteiger partial charge in [0.2, 0.25) is 0 Å². The fourth-order valence-corrected chi connectivity index (χ4v) is 2.89. The highest BCUT2D eigenvalue weighted by atomic mass is 28.2. The molecular formula is C9H24NO3Si+. The van der Waals surface area contributed by atoms with Crippen molar-refractivity contribution in [1.82, 2.24) is 0 Å². The lowest BCUT2D eigenvalue weighted by Crippen LogP contribution is -2.50. The largest absolute Gasteiger partial charge is 0.366 e. The van der Waals surface area contributed by atoms with Crippen LogP contribution in [0.4, 0.5) is 0 Å². The Bertz CT molecular complexity index is 118. The van der Waals surface area contributed by atoms with Gasteiger partial charge in [0.1, 0.15) is 19.8 Å². The Labute approximate surface area is 89.5 Å². The summed E-state index contributed by atoms with van der Waals surface area (Å²) in [6, 6.07) is 1.17. The summed E-state index contributed by atoms with van der Waals surface area (Å²) in [6.45, 7) is 9.93. The highest BCUT2D eigenvalue weighted by Gasteiger charge is 2.32. The molecule has 0 unspecified atom stereocenters. The maximum atomic E-state index is 5.57. The zero-order chi connectivity index (χ0) is 10.9. The summed E-state index contributed by atoms with van der Waals surface area (Å²) in [5, 5.41) is 0. The molecule has 0 aliphatic carbocycles. The van der Waals surface area contributed by atoms with E-state index < -0.39 is 9.68 Å². The molecule has 0 fully saturated rings. The Morgan fingerprint density at radius 1 is 0.857 bits per heavy atom. The standard InChI is InChI=1S/C9H24NO3Si/c1-5-9-14-10(11-6-2,12-7-3)13-8-4/h5-9,14H2,1-4H3/q+1. The molecule has 0 saturated carbocycles. The zero-order valence-corrected chi connectivity index (χ0v) is 11.3. The van der Waals surface area contributed by atoms with Gasteiger partial charge >= 0.3 is 9.68 Å². The highest BCUT2D eigenvalue weighted by molar-refractivity contribution is 6.25. The molecule has 0 aromatic rings. The van der Waals surface area contributed by atoms with Crippen LogP contribution >= 0.6 is 0 Å². The van der Waals surface area contributed by atoms with E-state index >= 15 is 0 Å². The minimum Gasteiger partial charge on any atom is -0.153 e. The van der Waals surface area contributed by atoms with Crippen LogP contribution in [-0.2, 0) is 14.5 Å². The summed E-state index contributed by atoms with van der Waals surface area (Å²) < 4.78 is 0.0251. The van der Waals surface area contributed by atoms with Crippen molar-refractivity contribution in [2.45, 2.75) is 40.2 Å². The number of hydrogen-bond acceptors (Lipinski definition) is 3. The smallest absolute Gasteiger partial charge is 0.153 e. The van der Waals surface area contributed by atoms with Crippen LogP contribution in [0.3, 0.4) is 0 Å². The van der Waals surface area contributed by atoms with Gasteiger partial charge in [0, 0.05) is 4.64 Å². The van der Waals surface area contributed by atoms with Crippen molar-refractivity contribution >= 4 is 9.68 Å². The molecule has 0 amide bonds. The molecule has 0 N–H and O–H groups in total. The van der Waals surface area contributed by atoms with Gasteiger partial charge in [0.25, 0.3) is 0 Å². The third-order valence-corrected chi connectivity index (χ3v) is 3.88. The summed E-state index contributed by atoms with van der Waals surface area (Å²) in [5.74, 6) is 0. The minimum absolute atomic E-state index is 0.0251. The molecule has 0 aliphatic rings. The first kappa shape index (κ1) is 14.1. The molecule has 5 heteroatoms. The van der Waals surface area contributed by atoms with Crippen molar-refractivity contribution < 1.29 is 19.2 Å². The first-order chi connectivity index (χ1) is 6.74. The fourth-order valence-electron chi connectivity index (χ4n) is 1.25. The maximum Gasteiger partial charge on any atom is 0.366 e. The Morgan fingerprint density at radius 3 is 1.57 bits per heavy atom. The second-order valence-corrected chi connectivity index (χ2v) is 4.87. The Morgan fingerprint density at radius 2 is 1.29 bits per heavy atom. The predicted octanol–water partition coefficient (Wildman–Crippen LogP) is 1.57. The summed E-state index contributed by atoms with van der Waals surface area (Å²) in [5.41, 5.74) is 0. The molecule has 0 bridgehead atoms. The van der Waals surface area contributed by atoms with E-state index in [0.29, 0.717) is 19.8 Å². The molecular weight excluding hydrogens is 198 g/mol. The topological polar surface area (TPSA) is 27.7 Å². The molecule has 4 nitrogen and oxygen atoms in total. The van der Waals surface area contributed by atoms with Crippen molar-refractivity contribution in [1.29, 1.82) is 0 Å². The van der Waals surface area contributed by atoms with Crippen LogP contribution in [-0.4, -0.2) is 34.1 Å². The minimum atomic E-state index is -0.544. The van der Waals surface area contributed by atoms with Gasteiger partial charge in [-0.2, -0.15) is 14.5 Å². The fraction of sp³-hybridized carbons (Fsp3) is 1.00. The van der Waals surface area contributed by atoms with Crippen molar-refractivity contribution in [2.24, 2.45) is 0 Å². The highest BCUT2D eigenvalue weighted by Crippen LogP contribution is 2.12. The Kier molecular flexibility index (Phi) is 8.41. The molecule has 0 aliphatic heterocycles. The lowest BCUT2D eigenvalue weighted by molar-refractivity contribution is -1.30. The summed E-state index contributed by atoms with van der Waals surface area (Å²) in [7, 11) is -0.544. The van der Waals surface area contributed by atoms with Gasteiger partial charge in [-0.05, 0) is 26.8 Å². The van der Waals surface area contributed by atoms with Crippen LogP contribution in [0, 0.1) is 0 Å². The van der Waals surface area contributed by atoms with Gasteiger partial charge in [0.05, 0.1) is 0 Å². The molecule has 0 spiro atoms. The molecule has 0 heterocycles. The number of hydrogen-bond donors (Lipinski definition) is 0. The lowest BCUT2D eigenvalue weighted by Gasteiger charge is -2.29. The predicted molar refractivity (Wildman–Crippen MR) is 58.8 cm³/mol. The van der Waals surface area contributed by atoms with Crippen LogP contribution in [0.2, 0.25) is 6.04 Å². The second kappa shape index (κ2) is 8.37. The third kappa shape index (κ3) is 5.07. The van der Waals surface area contributed by atoms with Crippen molar-refractivity contribution in [3.8, 4) is 0 Å². The third-order valence-electron chi connectivity index (χ3n) is 1.76. The summed E-state index contributed by atoms with van der Waals surface area (Å²) in [6.07, 6.45) is 1.17. The average molecular weight is 222 g/mol. The second-order valence-electron chi connectivity index (χ2n) is 2.94. The van der Waals surface area contributed by atoms with E-state index in [2.05, 4.69) is 6.92 Å². The molecule has 86 valence electrons. The van der Waals surface area contributed by atoms with E-state index in [9.17, 15) is 0 Å². The molecule has 14 heavy (non-hydrogen) atoms. The van der Waals surface area contributed by atoms with Crippen LogP contribution in [0.25, 0.3) is 0 Å². The number of nitrogens with zero attached hydrogens (tertiary/aromatic N) is 1. The van der Waals surface area contributed by atoms with Gasteiger partial charge in [-0.1, -0.05) is 13.3 Å². The molecule has 0 saturated heterocycles. The molecule has 0 aromatic carbocycles. The first-order valence-electron chi connectivity index (χ1n) is 5.56. The van der Waals surface area contributed by atoms with Gasteiger partial charge < -0.3 is 0 Å². The van der Waals surface area contributed by atoms with Crippen LogP contribution in [0.15, 0.2) is 0 Å². The number of quaternary nitrogens is 1. The SMILES string of the molecule is CCC[SiH2][N+](OCC)(OCC)OCC. The van der Waals surface area contributed by atoms with E-state index in [1.54, 1.807) is 0 Å².